The number of hydrogen-bond donors (Lipinski definition) is 1. The lowest BCUT2D eigenvalue weighted by Crippen LogP contribution is -2.11. The lowest BCUT2D eigenvalue weighted by atomic mass is 10.2. The van der Waals surface area contributed by atoms with E-state index in [9.17, 15) is 4.79 Å². The third kappa shape index (κ3) is 2.52. The van der Waals surface area contributed by atoms with Crippen LogP contribution < -0.4 is 5.73 Å². The molecule has 20 heavy (non-hydrogen) atoms. The minimum absolute atomic E-state index is 0.172. The average molecular weight is 277 g/mol. The van der Waals surface area contributed by atoms with Crippen molar-refractivity contribution in [2.75, 3.05) is 12.3 Å². The topological polar surface area (TPSA) is 88.0 Å². The van der Waals surface area contributed by atoms with Crippen molar-refractivity contribution in [1.82, 2.24) is 19.3 Å². The molecule has 0 spiro atoms. The van der Waals surface area contributed by atoms with Gasteiger partial charge in [-0.2, -0.15) is 5.10 Å². The Bertz CT molecular complexity index is 641. The number of nitrogen functional groups attached to an aromatic ring is 1. The molecule has 2 heterocycles. The molecule has 108 valence electrons. The molecular weight excluding hydrogens is 258 g/mol. The van der Waals surface area contributed by atoms with Gasteiger partial charge in [-0.1, -0.05) is 0 Å². The van der Waals surface area contributed by atoms with Crippen molar-refractivity contribution in [2.45, 2.75) is 27.3 Å². The van der Waals surface area contributed by atoms with Gasteiger partial charge in [0.2, 0.25) is 0 Å². The number of anilines is 1. The van der Waals surface area contributed by atoms with E-state index in [1.54, 1.807) is 16.2 Å². The average Bonchev–Trinajstić information content (AvgIpc) is 2.83. The van der Waals surface area contributed by atoms with E-state index in [-0.39, 0.29) is 5.69 Å². The number of aromatic nitrogens is 4. The maximum Gasteiger partial charge on any atom is 0.360 e. The predicted octanol–water partition coefficient (Wildman–Crippen LogP) is 1.04. The second kappa shape index (κ2) is 5.36. The van der Waals surface area contributed by atoms with Crippen LogP contribution in [0.25, 0.3) is 0 Å². The molecule has 0 saturated carbocycles. The van der Waals surface area contributed by atoms with Gasteiger partial charge in [0.1, 0.15) is 11.6 Å². The second-order valence-electron chi connectivity index (χ2n) is 4.61. The largest absolute Gasteiger partial charge is 0.461 e. The molecule has 0 amide bonds. The van der Waals surface area contributed by atoms with Crippen LogP contribution in [0.1, 0.15) is 34.5 Å². The molecule has 2 rings (SSSR count). The van der Waals surface area contributed by atoms with Crippen molar-refractivity contribution in [3.63, 3.8) is 0 Å². The zero-order chi connectivity index (χ0) is 14.9. The van der Waals surface area contributed by atoms with E-state index in [0.717, 1.165) is 11.3 Å². The molecule has 0 radical (unpaired) electrons. The fourth-order valence-electron chi connectivity index (χ4n) is 2.11. The lowest BCUT2D eigenvalue weighted by molar-refractivity contribution is 0.0521. The van der Waals surface area contributed by atoms with Crippen LogP contribution in [0.5, 0.6) is 0 Å². The first kappa shape index (κ1) is 14.1. The number of nitrogens with zero attached hydrogens (tertiary/aromatic N) is 4. The van der Waals surface area contributed by atoms with Crippen LogP contribution in [0.2, 0.25) is 0 Å². The van der Waals surface area contributed by atoms with Crippen molar-refractivity contribution in [3.05, 3.63) is 29.0 Å². The van der Waals surface area contributed by atoms with Gasteiger partial charge >= 0.3 is 5.97 Å². The minimum Gasteiger partial charge on any atom is -0.461 e. The summed E-state index contributed by atoms with van der Waals surface area (Å²) in [6.45, 7) is 6.32. The Morgan fingerprint density at radius 2 is 2.15 bits per heavy atom. The van der Waals surface area contributed by atoms with Crippen molar-refractivity contribution >= 4 is 11.8 Å². The second-order valence-corrected chi connectivity index (χ2v) is 4.61. The van der Waals surface area contributed by atoms with Crippen LogP contribution in [0.3, 0.4) is 0 Å². The van der Waals surface area contributed by atoms with Crippen LogP contribution in [0, 0.1) is 13.8 Å². The highest BCUT2D eigenvalue weighted by Gasteiger charge is 2.20. The number of ether oxygens (including phenoxy) is 1. The molecule has 0 fully saturated rings. The van der Waals surface area contributed by atoms with Crippen LogP contribution in [-0.4, -0.2) is 31.9 Å². The van der Waals surface area contributed by atoms with E-state index in [1.807, 2.05) is 27.1 Å². The van der Waals surface area contributed by atoms with Gasteiger partial charge in [-0.15, -0.1) is 0 Å². The summed E-state index contributed by atoms with van der Waals surface area (Å²) in [6, 6.07) is 0. The zero-order valence-electron chi connectivity index (χ0n) is 12.2. The van der Waals surface area contributed by atoms with Gasteiger partial charge in [-0.25, -0.2) is 9.78 Å². The van der Waals surface area contributed by atoms with E-state index < -0.39 is 5.97 Å². The maximum atomic E-state index is 11.8. The number of nitrogens with two attached hydrogens (primary N) is 1. The standard InChI is InChI=1S/C13H19N5O2/c1-5-20-13(19)11-12(14)18(9(3)15-11)7-10-6-17(4)16-8(10)2/h6H,5,7,14H2,1-4H3. The number of esters is 1. The molecule has 0 aliphatic rings. The van der Waals surface area contributed by atoms with Crippen LogP contribution >= 0.6 is 0 Å². The number of hydrogen-bond acceptors (Lipinski definition) is 5. The number of imidazole rings is 1. The molecule has 0 aromatic carbocycles. The van der Waals surface area contributed by atoms with E-state index in [2.05, 4.69) is 10.1 Å². The van der Waals surface area contributed by atoms with Crippen LogP contribution in [-0.2, 0) is 18.3 Å². The monoisotopic (exact) mass is 277 g/mol. The Morgan fingerprint density at radius 1 is 1.45 bits per heavy atom. The molecule has 0 saturated heterocycles. The maximum absolute atomic E-state index is 11.8. The number of carbonyl (C=O) groups is 1. The van der Waals surface area contributed by atoms with Crippen molar-refractivity contribution in [3.8, 4) is 0 Å². The Balaban J connectivity index is 2.33. The molecular formula is C13H19N5O2. The molecule has 7 heteroatoms. The molecule has 0 aliphatic heterocycles. The Hall–Kier alpha value is -2.31. The van der Waals surface area contributed by atoms with E-state index in [1.165, 1.54) is 0 Å². The summed E-state index contributed by atoms with van der Waals surface area (Å²) in [5, 5.41) is 4.29. The SMILES string of the molecule is CCOC(=O)c1nc(C)n(Cc2cn(C)nc2C)c1N. The molecule has 0 aliphatic carbocycles. The number of rotatable bonds is 4. The summed E-state index contributed by atoms with van der Waals surface area (Å²) >= 11 is 0. The quantitative estimate of drug-likeness (QED) is 0.844. The molecule has 0 unspecified atom stereocenters. The normalized spacial score (nSPS) is 10.8. The fraction of sp³-hybridized carbons (Fsp3) is 0.462. The molecule has 2 aromatic rings. The highest BCUT2D eigenvalue weighted by molar-refractivity contribution is 5.92. The summed E-state index contributed by atoms with van der Waals surface area (Å²) in [4.78, 5) is 16.0. The van der Waals surface area contributed by atoms with Gasteiger partial charge < -0.3 is 15.0 Å². The van der Waals surface area contributed by atoms with Gasteiger partial charge in [0, 0.05) is 18.8 Å². The summed E-state index contributed by atoms with van der Waals surface area (Å²) in [5.41, 5.74) is 8.15. The summed E-state index contributed by atoms with van der Waals surface area (Å²) in [7, 11) is 1.87. The van der Waals surface area contributed by atoms with E-state index in [0.29, 0.717) is 24.8 Å². The van der Waals surface area contributed by atoms with Crippen molar-refractivity contribution < 1.29 is 9.53 Å². The molecule has 2 aromatic heterocycles. The highest BCUT2D eigenvalue weighted by atomic mass is 16.5. The zero-order valence-corrected chi connectivity index (χ0v) is 12.2. The van der Waals surface area contributed by atoms with Crippen LogP contribution in [0.4, 0.5) is 5.82 Å². The minimum atomic E-state index is -0.491. The highest BCUT2D eigenvalue weighted by Crippen LogP contribution is 2.18. The molecule has 2 N–H and O–H groups in total. The first-order chi connectivity index (χ1) is 9.43. The third-order valence-corrected chi connectivity index (χ3v) is 3.11. The van der Waals surface area contributed by atoms with Crippen LogP contribution in [0.15, 0.2) is 6.20 Å². The molecule has 0 bridgehead atoms. The molecule has 7 nitrogen and oxygen atoms in total. The Morgan fingerprint density at radius 3 is 2.70 bits per heavy atom. The fourth-order valence-corrected chi connectivity index (χ4v) is 2.11. The van der Waals surface area contributed by atoms with Gasteiger partial charge in [0.15, 0.2) is 5.69 Å². The van der Waals surface area contributed by atoms with E-state index >= 15 is 0 Å². The summed E-state index contributed by atoms with van der Waals surface area (Å²) < 4.78 is 8.48. The van der Waals surface area contributed by atoms with Crippen molar-refractivity contribution in [2.24, 2.45) is 7.05 Å². The third-order valence-electron chi connectivity index (χ3n) is 3.11. The number of aryl methyl sites for hydroxylation is 3. The molecule has 0 atom stereocenters. The van der Waals surface area contributed by atoms with Gasteiger partial charge in [-0.3, -0.25) is 4.68 Å². The first-order valence-electron chi connectivity index (χ1n) is 6.42. The van der Waals surface area contributed by atoms with Gasteiger partial charge in [-0.05, 0) is 20.8 Å². The van der Waals surface area contributed by atoms with Crippen molar-refractivity contribution in [1.29, 1.82) is 0 Å². The Labute approximate surface area is 117 Å². The summed E-state index contributed by atoms with van der Waals surface area (Å²) in [6.07, 6.45) is 1.93. The smallest absolute Gasteiger partial charge is 0.360 e. The van der Waals surface area contributed by atoms with Gasteiger partial charge in [0.05, 0.1) is 18.8 Å². The Kier molecular flexibility index (Phi) is 3.78. The van der Waals surface area contributed by atoms with Gasteiger partial charge in [0.25, 0.3) is 0 Å². The predicted molar refractivity (Wildman–Crippen MR) is 74.4 cm³/mol. The lowest BCUT2D eigenvalue weighted by Gasteiger charge is -2.06. The number of carbonyl (C=O) groups excluding carboxylic acids is 1. The first-order valence-corrected chi connectivity index (χ1v) is 6.42. The summed E-state index contributed by atoms with van der Waals surface area (Å²) in [5.74, 6) is 0.507. The van der Waals surface area contributed by atoms with E-state index in [4.69, 9.17) is 10.5 Å².